The zero-order valence-corrected chi connectivity index (χ0v) is 17.9. The van der Waals surface area contributed by atoms with Crippen LogP contribution in [0.1, 0.15) is 25.8 Å². The Kier molecular flexibility index (Phi) is 7.59. The van der Waals surface area contributed by atoms with Crippen molar-refractivity contribution in [2.75, 3.05) is 30.9 Å². The first kappa shape index (κ1) is 21.9. The molecule has 0 saturated heterocycles. The predicted octanol–water partition coefficient (Wildman–Crippen LogP) is 1.81. The number of nitrogen functional groups attached to an aromatic ring is 1. The maximum atomic E-state index is 13.2. The van der Waals surface area contributed by atoms with Gasteiger partial charge in [-0.2, -0.15) is 0 Å². The van der Waals surface area contributed by atoms with E-state index in [0.29, 0.717) is 13.0 Å². The van der Waals surface area contributed by atoms with Crippen molar-refractivity contribution in [3.8, 4) is 0 Å². The van der Waals surface area contributed by atoms with Gasteiger partial charge in [-0.3, -0.25) is 18.7 Å². The van der Waals surface area contributed by atoms with Gasteiger partial charge in [-0.25, -0.2) is 4.79 Å². The molecule has 1 amide bonds. The number of aromatic nitrogens is 2. The van der Waals surface area contributed by atoms with E-state index in [1.54, 1.807) is 0 Å². The highest BCUT2D eigenvalue weighted by atomic mass is 79.9. The number of nitrogens with zero attached hydrogens (tertiary/aromatic N) is 3. The fourth-order valence-corrected chi connectivity index (χ4v) is 3.18. The Bertz CT molecular complexity index is 950. The van der Waals surface area contributed by atoms with Crippen molar-refractivity contribution in [2.45, 2.75) is 33.4 Å². The van der Waals surface area contributed by atoms with Gasteiger partial charge in [0.15, 0.2) is 5.69 Å². The summed E-state index contributed by atoms with van der Waals surface area (Å²) in [6, 6.07) is 7.32. The molecule has 0 fully saturated rings. The van der Waals surface area contributed by atoms with Gasteiger partial charge in [0.1, 0.15) is 5.82 Å². The zero-order chi connectivity index (χ0) is 20.8. The summed E-state index contributed by atoms with van der Waals surface area (Å²) >= 11 is 3.37. The van der Waals surface area contributed by atoms with Crippen LogP contribution in [0.25, 0.3) is 0 Å². The first-order valence-corrected chi connectivity index (χ1v) is 9.75. The molecule has 0 spiro atoms. The summed E-state index contributed by atoms with van der Waals surface area (Å²) in [5.74, 6) is -0.354. The normalized spacial score (nSPS) is 10.9. The van der Waals surface area contributed by atoms with Crippen LogP contribution in [0.3, 0.4) is 0 Å². The molecule has 0 atom stereocenters. The van der Waals surface area contributed by atoms with E-state index in [1.165, 1.54) is 23.5 Å². The number of hydrogen-bond acceptors (Lipinski definition) is 5. The molecule has 28 heavy (non-hydrogen) atoms. The minimum atomic E-state index is -0.593. The predicted molar refractivity (Wildman–Crippen MR) is 113 cm³/mol. The van der Waals surface area contributed by atoms with Crippen LogP contribution in [0.15, 0.2) is 38.3 Å². The highest BCUT2D eigenvalue weighted by Gasteiger charge is 2.24. The summed E-state index contributed by atoms with van der Waals surface area (Å²) in [7, 11) is 1.51. The third kappa shape index (κ3) is 4.71. The maximum Gasteiger partial charge on any atom is 0.332 e. The minimum Gasteiger partial charge on any atom is -0.383 e. The van der Waals surface area contributed by atoms with E-state index >= 15 is 0 Å². The second kappa shape index (κ2) is 9.70. The molecular formula is C19H25BrN4O4. The van der Waals surface area contributed by atoms with E-state index < -0.39 is 11.2 Å². The molecule has 2 rings (SSSR count). The number of hydrogen-bond donors (Lipinski definition) is 1. The van der Waals surface area contributed by atoms with E-state index in [-0.39, 0.29) is 37.1 Å². The number of amides is 1. The number of rotatable bonds is 8. The molecular weight excluding hydrogens is 428 g/mol. The molecule has 0 aliphatic carbocycles. The second-order valence-corrected chi connectivity index (χ2v) is 7.26. The van der Waals surface area contributed by atoms with Crippen LogP contribution in [0.5, 0.6) is 0 Å². The van der Waals surface area contributed by atoms with Crippen LogP contribution in [0.4, 0.5) is 11.5 Å². The molecule has 0 unspecified atom stereocenters. The topological polar surface area (TPSA) is 99.6 Å². The third-order valence-corrected chi connectivity index (χ3v) is 4.84. The van der Waals surface area contributed by atoms with Crippen molar-refractivity contribution in [3.05, 3.63) is 55.1 Å². The van der Waals surface area contributed by atoms with E-state index in [4.69, 9.17) is 10.5 Å². The van der Waals surface area contributed by atoms with Crippen molar-refractivity contribution < 1.29 is 9.53 Å². The van der Waals surface area contributed by atoms with Crippen LogP contribution < -0.4 is 21.9 Å². The van der Waals surface area contributed by atoms with Gasteiger partial charge in [0.05, 0.1) is 13.2 Å². The first-order valence-electron chi connectivity index (χ1n) is 8.96. The summed E-state index contributed by atoms with van der Waals surface area (Å²) in [5, 5.41) is 0. The van der Waals surface area contributed by atoms with Gasteiger partial charge < -0.3 is 15.4 Å². The van der Waals surface area contributed by atoms with E-state index in [9.17, 15) is 14.4 Å². The number of anilines is 2. The summed E-state index contributed by atoms with van der Waals surface area (Å²) in [5.41, 5.74) is 5.88. The number of carbonyl (C=O) groups excluding carboxylic acids is 1. The number of nitrogens with two attached hydrogens (primary N) is 1. The molecule has 2 N–H and O–H groups in total. The average molecular weight is 453 g/mol. The third-order valence-electron chi connectivity index (χ3n) is 4.31. The standard InChI is InChI=1S/C19H25BrN4O4/c1-4-9-23-17(21)16(22(13(2)25)10-11-28-3)18(26)24(19(23)27)12-14-5-7-15(20)8-6-14/h5-8H,4,9-12,21H2,1-3H3. The van der Waals surface area contributed by atoms with E-state index in [1.807, 2.05) is 31.2 Å². The van der Waals surface area contributed by atoms with Gasteiger partial charge >= 0.3 is 5.69 Å². The first-order chi connectivity index (χ1) is 13.3. The minimum absolute atomic E-state index is 0.00444. The Morgan fingerprint density at radius 3 is 2.39 bits per heavy atom. The Balaban J connectivity index is 2.68. The molecule has 8 nitrogen and oxygen atoms in total. The maximum absolute atomic E-state index is 13.2. The summed E-state index contributed by atoms with van der Waals surface area (Å²) in [4.78, 5) is 39.6. The van der Waals surface area contributed by atoms with Crippen molar-refractivity contribution in [1.29, 1.82) is 0 Å². The van der Waals surface area contributed by atoms with Crippen molar-refractivity contribution in [2.24, 2.45) is 0 Å². The summed E-state index contributed by atoms with van der Waals surface area (Å²) < 4.78 is 8.41. The monoisotopic (exact) mass is 452 g/mol. The number of carbonyl (C=O) groups is 1. The highest BCUT2D eigenvalue weighted by Crippen LogP contribution is 2.18. The summed E-state index contributed by atoms with van der Waals surface area (Å²) in [6.07, 6.45) is 0.651. The SMILES string of the molecule is CCCn1c(N)c(N(CCOC)C(C)=O)c(=O)n(Cc2ccc(Br)cc2)c1=O. The number of methoxy groups -OCH3 is 1. The largest absolute Gasteiger partial charge is 0.383 e. The lowest BCUT2D eigenvalue weighted by Crippen LogP contribution is -2.46. The van der Waals surface area contributed by atoms with Crippen molar-refractivity contribution in [3.63, 3.8) is 0 Å². The smallest absolute Gasteiger partial charge is 0.332 e. The molecule has 0 radical (unpaired) electrons. The molecule has 0 aliphatic heterocycles. The lowest BCUT2D eigenvalue weighted by atomic mass is 10.2. The molecule has 1 aromatic carbocycles. The van der Waals surface area contributed by atoms with Gasteiger partial charge in [-0.1, -0.05) is 35.0 Å². The van der Waals surface area contributed by atoms with Gasteiger partial charge in [0, 0.05) is 31.6 Å². The van der Waals surface area contributed by atoms with Gasteiger partial charge in [0.2, 0.25) is 5.91 Å². The average Bonchev–Trinajstić information content (AvgIpc) is 2.66. The van der Waals surface area contributed by atoms with Crippen LogP contribution in [-0.4, -0.2) is 35.3 Å². The highest BCUT2D eigenvalue weighted by molar-refractivity contribution is 9.10. The quantitative estimate of drug-likeness (QED) is 0.658. The second-order valence-electron chi connectivity index (χ2n) is 6.35. The van der Waals surface area contributed by atoms with Crippen LogP contribution >= 0.6 is 15.9 Å². The molecule has 0 saturated carbocycles. The number of benzene rings is 1. The Hall–Kier alpha value is -2.39. The Morgan fingerprint density at radius 1 is 1.21 bits per heavy atom. The van der Waals surface area contributed by atoms with Gasteiger partial charge in [0.25, 0.3) is 5.56 Å². The molecule has 0 bridgehead atoms. The zero-order valence-electron chi connectivity index (χ0n) is 16.3. The molecule has 9 heteroatoms. The fourth-order valence-electron chi connectivity index (χ4n) is 2.92. The Morgan fingerprint density at radius 2 is 1.86 bits per heavy atom. The lowest BCUT2D eigenvalue weighted by Gasteiger charge is -2.24. The molecule has 0 aliphatic rings. The van der Waals surface area contributed by atoms with Gasteiger partial charge in [-0.15, -0.1) is 0 Å². The summed E-state index contributed by atoms with van der Waals surface area (Å²) in [6.45, 7) is 4.07. The molecule has 2 aromatic rings. The molecule has 1 heterocycles. The Labute approximate surface area is 171 Å². The van der Waals surface area contributed by atoms with Gasteiger partial charge in [-0.05, 0) is 24.1 Å². The molecule has 152 valence electrons. The number of ether oxygens (including phenoxy) is 1. The van der Waals surface area contributed by atoms with E-state index in [0.717, 1.165) is 14.6 Å². The van der Waals surface area contributed by atoms with Crippen LogP contribution in [0, 0.1) is 0 Å². The van der Waals surface area contributed by atoms with E-state index in [2.05, 4.69) is 15.9 Å². The van der Waals surface area contributed by atoms with Crippen LogP contribution in [0.2, 0.25) is 0 Å². The lowest BCUT2D eigenvalue weighted by molar-refractivity contribution is -0.116. The van der Waals surface area contributed by atoms with Crippen molar-refractivity contribution in [1.82, 2.24) is 9.13 Å². The van der Waals surface area contributed by atoms with Crippen LogP contribution in [-0.2, 0) is 22.6 Å². The number of halogens is 1. The molecule has 1 aromatic heterocycles. The van der Waals surface area contributed by atoms with Crippen molar-refractivity contribution >= 4 is 33.3 Å². The fraction of sp³-hybridized carbons (Fsp3) is 0.421.